The van der Waals surface area contributed by atoms with Crippen molar-refractivity contribution in [3.05, 3.63) is 35.9 Å². The summed E-state index contributed by atoms with van der Waals surface area (Å²) in [6.45, 7) is 1.78. The average molecular weight is 328 g/mol. The Labute approximate surface area is 132 Å². The molecule has 0 unspecified atom stereocenters. The fourth-order valence-corrected chi connectivity index (χ4v) is 3.19. The molecule has 1 aromatic rings. The molecule has 0 aromatic heterocycles. The molecule has 3 N–H and O–H groups in total. The molecule has 0 saturated heterocycles. The van der Waals surface area contributed by atoms with Gasteiger partial charge in [0.1, 0.15) is 6.04 Å². The van der Waals surface area contributed by atoms with E-state index in [-0.39, 0.29) is 5.75 Å². The van der Waals surface area contributed by atoms with E-state index < -0.39 is 28.6 Å². The zero-order valence-electron chi connectivity index (χ0n) is 12.8. The predicted molar refractivity (Wildman–Crippen MR) is 85.9 cm³/mol. The number of hydrogen-bond donors (Lipinski definition) is 3. The van der Waals surface area contributed by atoms with Crippen molar-refractivity contribution >= 4 is 15.9 Å². The van der Waals surface area contributed by atoms with Crippen LogP contribution in [-0.2, 0) is 21.2 Å². The smallest absolute Gasteiger partial charge is 0.240 e. The maximum atomic E-state index is 12.0. The number of nitrogens with one attached hydrogen (secondary N) is 2. The lowest BCUT2D eigenvalue weighted by molar-refractivity contribution is -0.123. The Bertz CT molecular complexity index is 546. The second-order valence-electron chi connectivity index (χ2n) is 5.05. The zero-order valence-corrected chi connectivity index (χ0v) is 13.6. The van der Waals surface area contributed by atoms with Gasteiger partial charge in [-0.3, -0.25) is 4.79 Å². The molecule has 0 aliphatic carbocycles. The minimum Gasteiger partial charge on any atom is -0.394 e. The quantitative estimate of drug-likeness (QED) is 0.580. The fraction of sp³-hybridized carbons (Fsp3) is 0.533. The molecule has 1 atom stereocenters. The van der Waals surface area contributed by atoms with Gasteiger partial charge in [-0.1, -0.05) is 37.3 Å². The average Bonchev–Trinajstić information content (AvgIpc) is 2.51. The summed E-state index contributed by atoms with van der Waals surface area (Å²) in [5, 5.41) is 11.7. The summed E-state index contributed by atoms with van der Waals surface area (Å²) in [6.07, 6.45) is 1.84. The van der Waals surface area contributed by atoms with E-state index in [0.29, 0.717) is 19.4 Å². The molecule has 1 aromatic carbocycles. The third kappa shape index (κ3) is 7.02. The van der Waals surface area contributed by atoms with Gasteiger partial charge in [-0.2, -0.15) is 0 Å². The lowest BCUT2D eigenvalue weighted by atomic mass is 10.1. The van der Waals surface area contributed by atoms with Crippen LogP contribution >= 0.6 is 0 Å². The van der Waals surface area contributed by atoms with Crippen molar-refractivity contribution in [1.29, 1.82) is 0 Å². The molecule has 0 bridgehead atoms. The van der Waals surface area contributed by atoms with E-state index in [2.05, 4.69) is 10.0 Å². The van der Waals surface area contributed by atoms with Crippen molar-refractivity contribution in [2.45, 2.75) is 32.2 Å². The lowest BCUT2D eigenvalue weighted by Gasteiger charge is -2.16. The number of amides is 1. The highest BCUT2D eigenvalue weighted by molar-refractivity contribution is 7.89. The van der Waals surface area contributed by atoms with E-state index in [9.17, 15) is 18.3 Å². The summed E-state index contributed by atoms with van der Waals surface area (Å²) in [6, 6.07) is 8.46. The molecule has 0 fully saturated rings. The van der Waals surface area contributed by atoms with Gasteiger partial charge in [-0.05, 0) is 24.8 Å². The highest BCUT2D eigenvalue weighted by atomic mass is 32.2. The van der Waals surface area contributed by atoms with Crippen LogP contribution in [0.4, 0.5) is 0 Å². The third-order valence-corrected chi connectivity index (χ3v) is 4.56. The molecule has 0 aliphatic heterocycles. The van der Waals surface area contributed by atoms with Crippen LogP contribution in [0.1, 0.15) is 25.3 Å². The SMILES string of the molecule is CCCNC(=O)[C@@H](CO)NS(=O)(=O)CCCc1ccccc1. The van der Waals surface area contributed by atoms with Crippen LogP contribution in [0.15, 0.2) is 30.3 Å². The fourth-order valence-electron chi connectivity index (χ4n) is 1.93. The summed E-state index contributed by atoms with van der Waals surface area (Å²) in [5.74, 6) is -0.588. The molecule has 6 nitrogen and oxygen atoms in total. The van der Waals surface area contributed by atoms with E-state index in [1.165, 1.54) is 0 Å². The van der Waals surface area contributed by atoms with Gasteiger partial charge in [-0.25, -0.2) is 13.1 Å². The van der Waals surface area contributed by atoms with Crippen LogP contribution in [0.2, 0.25) is 0 Å². The van der Waals surface area contributed by atoms with Gasteiger partial charge in [0.2, 0.25) is 15.9 Å². The van der Waals surface area contributed by atoms with Crippen molar-refractivity contribution in [2.75, 3.05) is 18.9 Å². The Morgan fingerprint density at radius 3 is 2.55 bits per heavy atom. The molecule has 22 heavy (non-hydrogen) atoms. The largest absolute Gasteiger partial charge is 0.394 e. The van der Waals surface area contributed by atoms with Crippen LogP contribution in [-0.4, -0.2) is 44.4 Å². The molecule has 1 amide bonds. The van der Waals surface area contributed by atoms with E-state index in [1.54, 1.807) is 0 Å². The molecule has 0 radical (unpaired) electrons. The second-order valence-corrected chi connectivity index (χ2v) is 6.93. The summed E-state index contributed by atoms with van der Waals surface area (Å²) in [4.78, 5) is 11.7. The first-order valence-corrected chi connectivity index (χ1v) is 9.06. The Morgan fingerprint density at radius 1 is 1.27 bits per heavy atom. The van der Waals surface area contributed by atoms with E-state index >= 15 is 0 Å². The van der Waals surface area contributed by atoms with Gasteiger partial charge >= 0.3 is 0 Å². The van der Waals surface area contributed by atoms with Crippen molar-refractivity contribution in [3.8, 4) is 0 Å². The van der Waals surface area contributed by atoms with E-state index in [0.717, 1.165) is 12.0 Å². The first-order chi connectivity index (χ1) is 10.5. The number of rotatable bonds is 10. The highest BCUT2D eigenvalue weighted by Crippen LogP contribution is 2.04. The van der Waals surface area contributed by atoms with Crippen molar-refractivity contribution in [3.63, 3.8) is 0 Å². The van der Waals surface area contributed by atoms with E-state index in [1.807, 2.05) is 37.3 Å². The summed E-state index contributed by atoms with van der Waals surface area (Å²) < 4.78 is 26.2. The molecule has 124 valence electrons. The first-order valence-electron chi connectivity index (χ1n) is 7.41. The van der Waals surface area contributed by atoms with Gasteiger partial charge in [-0.15, -0.1) is 0 Å². The maximum Gasteiger partial charge on any atom is 0.240 e. The predicted octanol–water partition coefficient (Wildman–Crippen LogP) is 0.426. The first kappa shape index (κ1) is 18.6. The molecule has 0 aliphatic rings. The van der Waals surface area contributed by atoms with Crippen LogP contribution in [0.5, 0.6) is 0 Å². The van der Waals surface area contributed by atoms with Crippen LogP contribution in [0, 0.1) is 0 Å². The lowest BCUT2D eigenvalue weighted by Crippen LogP contribution is -2.49. The molecule has 7 heteroatoms. The number of aryl methyl sites for hydroxylation is 1. The number of sulfonamides is 1. The van der Waals surface area contributed by atoms with E-state index in [4.69, 9.17) is 0 Å². The summed E-state index contributed by atoms with van der Waals surface area (Å²) in [5.41, 5.74) is 1.07. The minimum atomic E-state index is -3.60. The van der Waals surface area contributed by atoms with Crippen LogP contribution in [0.25, 0.3) is 0 Å². The monoisotopic (exact) mass is 328 g/mol. The molecule has 0 heterocycles. The molecule has 0 saturated carbocycles. The standard InChI is InChI=1S/C15H24N2O4S/c1-2-10-16-15(19)14(12-18)17-22(20,21)11-6-9-13-7-4-3-5-8-13/h3-5,7-8,14,17-18H,2,6,9-12H2,1H3,(H,16,19)/t14-/m1/s1. The number of hydrogen-bond acceptors (Lipinski definition) is 4. The van der Waals surface area contributed by atoms with Gasteiger partial charge in [0.05, 0.1) is 12.4 Å². The zero-order chi connectivity index (χ0) is 16.4. The number of benzene rings is 1. The second kappa shape index (κ2) is 9.55. The Morgan fingerprint density at radius 2 is 1.95 bits per heavy atom. The Kier molecular flexibility index (Phi) is 8.08. The number of aliphatic hydroxyl groups excluding tert-OH is 1. The maximum absolute atomic E-state index is 12.0. The highest BCUT2D eigenvalue weighted by Gasteiger charge is 2.23. The van der Waals surface area contributed by atoms with Crippen molar-refractivity contribution < 1.29 is 18.3 Å². The number of aliphatic hydroxyl groups is 1. The Balaban J connectivity index is 2.45. The number of carbonyl (C=O) groups excluding carboxylic acids is 1. The van der Waals surface area contributed by atoms with Crippen molar-refractivity contribution in [2.24, 2.45) is 0 Å². The van der Waals surface area contributed by atoms with Crippen molar-refractivity contribution in [1.82, 2.24) is 10.0 Å². The molecule has 0 spiro atoms. The summed E-state index contributed by atoms with van der Waals surface area (Å²) >= 11 is 0. The molecular weight excluding hydrogens is 304 g/mol. The number of carbonyl (C=O) groups is 1. The van der Waals surface area contributed by atoms with Gasteiger partial charge in [0, 0.05) is 6.54 Å². The molecular formula is C15H24N2O4S. The van der Waals surface area contributed by atoms with Gasteiger partial charge < -0.3 is 10.4 Å². The minimum absolute atomic E-state index is 0.0839. The Hall–Kier alpha value is -1.44. The third-order valence-electron chi connectivity index (χ3n) is 3.09. The normalized spacial score (nSPS) is 12.8. The van der Waals surface area contributed by atoms with Gasteiger partial charge in [0.15, 0.2) is 0 Å². The van der Waals surface area contributed by atoms with Gasteiger partial charge in [0.25, 0.3) is 0 Å². The van der Waals surface area contributed by atoms with Crippen LogP contribution in [0.3, 0.4) is 0 Å². The molecule has 1 rings (SSSR count). The topological polar surface area (TPSA) is 95.5 Å². The summed E-state index contributed by atoms with van der Waals surface area (Å²) in [7, 11) is -3.60. The van der Waals surface area contributed by atoms with Crippen LogP contribution < -0.4 is 10.0 Å².